The van der Waals surface area contributed by atoms with E-state index in [4.69, 9.17) is 4.52 Å². The van der Waals surface area contributed by atoms with Crippen molar-refractivity contribution in [2.24, 2.45) is 0 Å². The number of piperazine rings is 1. The lowest BCUT2D eigenvalue weighted by atomic mass is 10.2. The van der Waals surface area contributed by atoms with Crippen molar-refractivity contribution in [1.29, 1.82) is 0 Å². The Morgan fingerprint density at radius 3 is 2.52 bits per heavy atom. The molecular formula is C17H22FN5O2. The Hall–Kier alpha value is -2.32. The quantitative estimate of drug-likeness (QED) is 0.839. The van der Waals surface area contributed by atoms with E-state index in [1.165, 1.54) is 12.1 Å². The molecule has 1 N–H and O–H groups in total. The lowest BCUT2D eigenvalue weighted by Crippen LogP contribution is -2.49. The number of hydrogen-bond donors (Lipinski definition) is 1. The maximum Gasteiger partial charge on any atom is 0.234 e. The van der Waals surface area contributed by atoms with Gasteiger partial charge in [0, 0.05) is 39.6 Å². The number of aryl methyl sites for hydroxylation is 1. The molecule has 1 amide bonds. The predicted molar refractivity (Wildman–Crippen MR) is 89.0 cm³/mol. The average molecular weight is 347 g/mol. The molecule has 1 aliphatic rings. The third kappa shape index (κ3) is 5.33. The van der Waals surface area contributed by atoms with Gasteiger partial charge in [0.25, 0.3) is 0 Å². The Morgan fingerprint density at radius 1 is 1.20 bits per heavy atom. The number of benzene rings is 1. The highest BCUT2D eigenvalue weighted by molar-refractivity contribution is 5.78. The highest BCUT2D eigenvalue weighted by atomic mass is 19.1. The summed E-state index contributed by atoms with van der Waals surface area (Å²) in [7, 11) is 0. The van der Waals surface area contributed by atoms with Crippen LogP contribution in [0.4, 0.5) is 4.39 Å². The van der Waals surface area contributed by atoms with Gasteiger partial charge in [0.15, 0.2) is 5.82 Å². The zero-order valence-corrected chi connectivity index (χ0v) is 14.2. The second-order valence-electron chi connectivity index (χ2n) is 6.19. The van der Waals surface area contributed by atoms with Gasteiger partial charge in [0.05, 0.1) is 13.1 Å². The largest absolute Gasteiger partial charge is 0.351 e. The molecule has 2 heterocycles. The van der Waals surface area contributed by atoms with Gasteiger partial charge in [-0.1, -0.05) is 17.3 Å². The molecule has 0 radical (unpaired) electrons. The third-order valence-electron chi connectivity index (χ3n) is 4.17. The van der Waals surface area contributed by atoms with E-state index >= 15 is 0 Å². The molecule has 8 heteroatoms. The van der Waals surface area contributed by atoms with Crippen molar-refractivity contribution < 1.29 is 13.7 Å². The highest BCUT2D eigenvalue weighted by Gasteiger charge is 2.20. The van der Waals surface area contributed by atoms with Crippen LogP contribution in [0.15, 0.2) is 28.8 Å². The second kappa shape index (κ2) is 8.17. The van der Waals surface area contributed by atoms with Gasteiger partial charge in [0.1, 0.15) is 5.82 Å². The summed E-state index contributed by atoms with van der Waals surface area (Å²) < 4.78 is 17.8. The first kappa shape index (κ1) is 17.5. The van der Waals surface area contributed by atoms with Gasteiger partial charge in [-0.05, 0) is 17.7 Å². The van der Waals surface area contributed by atoms with Gasteiger partial charge in [-0.15, -0.1) is 0 Å². The second-order valence-corrected chi connectivity index (χ2v) is 6.19. The minimum Gasteiger partial charge on any atom is -0.351 e. The van der Waals surface area contributed by atoms with Crippen molar-refractivity contribution in [2.75, 3.05) is 32.7 Å². The summed E-state index contributed by atoms with van der Waals surface area (Å²) in [6.07, 6.45) is 0. The number of amides is 1. The van der Waals surface area contributed by atoms with E-state index in [-0.39, 0.29) is 11.7 Å². The number of nitrogens with zero attached hydrogens (tertiary/aromatic N) is 4. The van der Waals surface area contributed by atoms with E-state index in [1.54, 1.807) is 19.1 Å². The van der Waals surface area contributed by atoms with Crippen LogP contribution in [0.25, 0.3) is 0 Å². The molecule has 1 aliphatic heterocycles. The van der Waals surface area contributed by atoms with E-state index in [1.807, 2.05) is 0 Å². The van der Waals surface area contributed by atoms with Crippen molar-refractivity contribution in [1.82, 2.24) is 25.3 Å². The minimum atomic E-state index is -0.274. The standard InChI is InChI=1S/C17H22FN5O2/c1-13-20-16(21-25-13)11-22-6-8-23(9-7-22)12-17(24)19-10-14-2-4-15(18)5-3-14/h2-5H,6-12H2,1H3,(H,19,24). The Morgan fingerprint density at radius 2 is 1.88 bits per heavy atom. The van der Waals surface area contributed by atoms with Crippen molar-refractivity contribution in [2.45, 2.75) is 20.0 Å². The van der Waals surface area contributed by atoms with Crippen LogP contribution >= 0.6 is 0 Å². The molecule has 25 heavy (non-hydrogen) atoms. The summed E-state index contributed by atoms with van der Waals surface area (Å²) in [4.78, 5) is 20.6. The summed E-state index contributed by atoms with van der Waals surface area (Å²) in [5, 5.41) is 6.78. The molecule has 0 unspecified atom stereocenters. The molecule has 0 saturated carbocycles. The van der Waals surface area contributed by atoms with E-state index in [9.17, 15) is 9.18 Å². The Kier molecular flexibility index (Phi) is 5.72. The van der Waals surface area contributed by atoms with Crippen LogP contribution in [0.1, 0.15) is 17.3 Å². The zero-order valence-electron chi connectivity index (χ0n) is 14.2. The normalized spacial score (nSPS) is 16.1. The lowest BCUT2D eigenvalue weighted by molar-refractivity contribution is -0.122. The topological polar surface area (TPSA) is 74.5 Å². The number of carbonyl (C=O) groups excluding carboxylic acids is 1. The van der Waals surface area contributed by atoms with Gasteiger partial charge in [0.2, 0.25) is 11.8 Å². The van der Waals surface area contributed by atoms with Crippen LogP contribution in [-0.2, 0) is 17.9 Å². The number of halogens is 1. The summed E-state index contributed by atoms with van der Waals surface area (Å²) in [6, 6.07) is 6.14. The predicted octanol–water partition coefficient (Wildman–Crippen LogP) is 0.951. The van der Waals surface area contributed by atoms with Crippen LogP contribution in [-0.4, -0.2) is 58.6 Å². The summed E-state index contributed by atoms with van der Waals surface area (Å²) in [5.74, 6) is 0.977. The van der Waals surface area contributed by atoms with Crippen LogP contribution in [0.2, 0.25) is 0 Å². The van der Waals surface area contributed by atoms with E-state index in [0.717, 1.165) is 31.7 Å². The van der Waals surface area contributed by atoms with Crippen molar-refractivity contribution in [3.05, 3.63) is 47.4 Å². The van der Waals surface area contributed by atoms with Crippen LogP contribution in [0, 0.1) is 12.7 Å². The molecule has 1 aromatic heterocycles. The molecule has 0 spiro atoms. The van der Waals surface area contributed by atoms with Crippen molar-refractivity contribution >= 4 is 5.91 Å². The van der Waals surface area contributed by atoms with Gasteiger partial charge >= 0.3 is 0 Å². The fourth-order valence-electron chi connectivity index (χ4n) is 2.77. The van der Waals surface area contributed by atoms with E-state index in [0.29, 0.717) is 31.3 Å². The average Bonchev–Trinajstić information content (AvgIpc) is 3.01. The minimum absolute atomic E-state index is 0.0217. The lowest BCUT2D eigenvalue weighted by Gasteiger charge is -2.33. The van der Waals surface area contributed by atoms with Gasteiger partial charge < -0.3 is 9.84 Å². The highest BCUT2D eigenvalue weighted by Crippen LogP contribution is 2.06. The maximum absolute atomic E-state index is 12.9. The van der Waals surface area contributed by atoms with Crippen LogP contribution in [0.5, 0.6) is 0 Å². The monoisotopic (exact) mass is 347 g/mol. The summed E-state index contributed by atoms with van der Waals surface area (Å²) >= 11 is 0. The molecule has 134 valence electrons. The van der Waals surface area contributed by atoms with Crippen molar-refractivity contribution in [3.8, 4) is 0 Å². The molecule has 0 bridgehead atoms. The molecule has 2 aromatic rings. The number of aromatic nitrogens is 2. The molecule has 7 nitrogen and oxygen atoms in total. The molecule has 0 atom stereocenters. The molecule has 1 saturated heterocycles. The number of nitrogens with one attached hydrogen (secondary N) is 1. The SMILES string of the molecule is Cc1nc(CN2CCN(CC(=O)NCc3ccc(F)cc3)CC2)no1. The smallest absolute Gasteiger partial charge is 0.234 e. The van der Waals surface area contributed by atoms with Crippen LogP contribution < -0.4 is 5.32 Å². The van der Waals surface area contributed by atoms with Crippen molar-refractivity contribution in [3.63, 3.8) is 0 Å². The molecule has 3 rings (SSSR count). The van der Waals surface area contributed by atoms with Gasteiger partial charge in [-0.3, -0.25) is 14.6 Å². The Bertz CT molecular complexity index is 695. The van der Waals surface area contributed by atoms with Gasteiger partial charge in [-0.25, -0.2) is 4.39 Å². The number of carbonyl (C=O) groups is 1. The Labute approximate surface area is 145 Å². The maximum atomic E-state index is 12.9. The fraction of sp³-hybridized carbons (Fsp3) is 0.471. The molecule has 1 aromatic carbocycles. The van der Waals surface area contributed by atoms with Gasteiger partial charge in [-0.2, -0.15) is 4.98 Å². The third-order valence-corrected chi connectivity index (χ3v) is 4.17. The first-order valence-corrected chi connectivity index (χ1v) is 8.33. The molecule has 0 aliphatic carbocycles. The fourth-order valence-corrected chi connectivity index (χ4v) is 2.77. The number of hydrogen-bond acceptors (Lipinski definition) is 6. The summed E-state index contributed by atoms with van der Waals surface area (Å²) in [5.41, 5.74) is 0.884. The van der Waals surface area contributed by atoms with E-state index in [2.05, 4.69) is 25.3 Å². The summed E-state index contributed by atoms with van der Waals surface area (Å²) in [6.45, 7) is 6.59. The first-order chi connectivity index (χ1) is 12.1. The molecular weight excluding hydrogens is 325 g/mol. The zero-order chi connectivity index (χ0) is 17.6. The van der Waals surface area contributed by atoms with Crippen LogP contribution in [0.3, 0.4) is 0 Å². The molecule has 1 fully saturated rings. The Balaban J connectivity index is 1.36. The van der Waals surface area contributed by atoms with E-state index < -0.39 is 0 Å². The number of rotatable bonds is 6. The first-order valence-electron chi connectivity index (χ1n) is 8.33.